The van der Waals surface area contributed by atoms with Crippen molar-refractivity contribution in [1.82, 2.24) is 10.2 Å². The summed E-state index contributed by atoms with van der Waals surface area (Å²) in [5.74, 6) is -0.151. The van der Waals surface area contributed by atoms with Crippen molar-refractivity contribution in [3.8, 4) is 0 Å². The van der Waals surface area contributed by atoms with E-state index in [4.69, 9.17) is 0 Å². The maximum absolute atomic E-state index is 13.3. The highest BCUT2D eigenvalue weighted by atomic mass is 19.1. The van der Waals surface area contributed by atoms with Gasteiger partial charge in [-0.1, -0.05) is 12.1 Å². The zero-order valence-corrected chi connectivity index (χ0v) is 10.8. The topological polar surface area (TPSA) is 15.3 Å². The van der Waals surface area contributed by atoms with Crippen molar-refractivity contribution in [3.63, 3.8) is 0 Å². The molecule has 1 aromatic rings. The van der Waals surface area contributed by atoms with Crippen LogP contribution in [0.5, 0.6) is 0 Å². The molecule has 0 aliphatic carbocycles. The molecule has 1 fully saturated rings. The minimum absolute atomic E-state index is 0.115. The predicted molar refractivity (Wildman–Crippen MR) is 68.5 cm³/mol. The highest BCUT2D eigenvalue weighted by molar-refractivity contribution is 5.20. The molecule has 94 valence electrons. The van der Waals surface area contributed by atoms with Gasteiger partial charge in [-0.2, -0.15) is 0 Å². The second-order valence-corrected chi connectivity index (χ2v) is 5.41. The van der Waals surface area contributed by atoms with E-state index in [0.29, 0.717) is 0 Å². The van der Waals surface area contributed by atoms with Gasteiger partial charge >= 0.3 is 0 Å². The van der Waals surface area contributed by atoms with E-state index in [1.165, 1.54) is 6.07 Å². The van der Waals surface area contributed by atoms with Crippen LogP contribution in [0.15, 0.2) is 24.3 Å². The molecule has 0 aromatic heterocycles. The molecule has 1 heterocycles. The number of rotatable bonds is 2. The standard InChI is InChI=1S/C14H21FN2/c1-11(12-5-4-6-13(15)9-12)17-8-7-16-10-14(17,2)3/h4-6,9,11,16H,7-8,10H2,1-3H3. The van der Waals surface area contributed by atoms with E-state index in [0.717, 1.165) is 25.2 Å². The van der Waals surface area contributed by atoms with Gasteiger partial charge in [0.15, 0.2) is 0 Å². The Hall–Kier alpha value is -0.930. The Kier molecular flexibility index (Phi) is 3.50. The Balaban J connectivity index is 2.21. The summed E-state index contributed by atoms with van der Waals surface area (Å²) in [6, 6.07) is 7.19. The summed E-state index contributed by atoms with van der Waals surface area (Å²) in [7, 11) is 0. The largest absolute Gasteiger partial charge is 0.314 e. The van der Waals surface area contributed by atoms with Crippen LogP contribution in [-0.2, 0) is 0 Å². The fourth-order valence-electron chi connectivity index (χ4n) is 2.66. The second-order valence-electron chi connectivity index (χ2n) is 5.41. The molecule has 0 radical (unpaired) electrons. The average molecular weight is 236 g/mol. The van der Waals surface area contributed by atoms with Crippen molar-refractivity contribution < 1.29 is 4.39 Å². The Bertz CT molecular complexity index is 390. The minimum atomic E-state index is -0.151. The van der Waals surface area contributed by atoms with Crippen molar-refractivity contribution >= 4 is 0 Å². The molecule has 2 rings (SSSR count). The predicted octanol–water partition coefficient (Wildman–Crippen LogP) is 2.57. The number of nitrogens with zero attached hydrogens (tertiary/aromatic N) is 1. The average Bonchev–Trinajstić information content (AvgIpc) is 2.27. The molecule has 1 aliphatic heterocycles. The Labute approximate surface area is 103 Å². The number of nitrogens with one attached hydrogen (secondary N) is 1. The van der Waals surface area contributed by atoms with Crippen LogP contribution in [0.2, 0.25) is 0 Å². The second kappa shape index (κ2) is 4.75. The van der Waals surface area contributed by atoms with E-state index in [2.05, 4.69) is 31.0 Å². The summed E-state index contributed by atoms with van der Waals surface area (Å²) in [6.07, 6.45) is 0. The third kappa shape index (κ3) is 2.67. The lowest BCUT2D eigenvalue weighted by Gasteiger charge is -2.46. The van der Waals surface area contributed by atoms with E-state index in [-0.39, 0.29) is 17.4 Å². The fraction of sp³-hybridized carbons (Fsp3) is 0.571. The van der Waals surface area contributed by atoms with Gasteiger partial charge in [0.05, 0.1) is 0 Å². The van der Waals surface area contributed by atoms with Crippen LogP contribution in [-0.4, -0.2) is 30.1 Å². The number of piperazine rings is 1. The van der Waals surface area contributed by atoms with Gasteiger partial charge in [0.1, 0.15) is 5.82 Å². The smallest absolute Gasteiger partial charge is 0.123 e. The van der Waals surface area contributed by atoms with Crippen molar-refractivity contribution in [2.45, 2.75) is 32.4 Å². The molecule has 1 N–H and O–H groups in total. The van der Waals surface area contributed by atoms with Crippen LogP contribution >= 0.6 is 0 Å². The first-order valence-corrected chi connectivity index (χ1v) is 6.24. The summed E-state index contributed by atoms with van der Waals surface area (Å²) in [6.45, 7) is 9.60. The van der Waals surface area contributed by atoms with Gasteiger partial charge in [0, 0.05) is 31.2 Å². The lowest BCUT2D eigenvalue weighted by Crippen LogP contribution is -2.58. The Morgan fingerprint density at radius 2 is 2.18 bits per heavy atom. The lowest BCUT2D eigenvalue weighted by atomic mass is 9.95. The molecular formula is C14H21FN2. The number of hydrogen-bond acceptors (Lipinski definition) is 2. The maximum atomic E-state index is 13.3. The summed E-state index contributed by atoms with van der Waals surface area (Å²) < 4.78 is 13.3. The van der Waals surface area contributed by atoms with Crippen LogP contribution in [0.1, 0.15) is 32.4 Å². The first kappa shape index (κ1) is 12.5. The SMILES string of the molecule is CC(c1cccc(F)c1)N1CCNCC1(C)C. The molecule has 1 unspecified atom stereocenters. The molecule has 3 heteroatoms. The molecule has 0 bridgehead atoms. The van der Waals surface area contributed by atoms with Gasteiger partial charge in [-0.15, -0.1) is 0 Å². The van der Waals surface area contributed by atoms with E-state index in [1.54, 1.807) is 12.1 Å². The van der Waals surface area contributed by atoms with Crippen molar-refractivity contribution in [2.75, 3.05) is 19.6 Å². The molecule has 1 atom stereocenters. The highest BCUT2D eigenvalue weighted by Crippen LogP contribution is 2.29. The van der Waals surface area contributed by atoms with Crippen molar-refractivity contribution in [1.29, 1.82) is 0 Å². The number of halogens is 1. The molecule has 1 saturated heterocycles. The maximum Gasteiger partial charge on any atom is 0.123 e. The summed E-state index contributed by atoms with van der Waals surface area (Å²) in [4.78, 5) is 2.44. The highest BCUT2D eigenvalue weighted by Gasteiger charge is 2.33. The lowest BCUT2D eigenvalue weighted by molar-refractivity contribution is 0.0515. The van der Waals surface area contributed by atoms with Gasteiger partial charge in [-0.3, -0.25) is 4.90 Å². The quantitative estimate of drug-likeness (QED) is 0.849. The first-order chi connectivity index (χ1) is 8.00. The Morgan fingerprint density at radius 3 is 2.82 bits per heavy atom. The zero-order valence-electron chi connectivity index (χ0n) is 10.8. The van der Waals surface area contributed by atoms with Crippen LogP contribution in [0.25, 0.3) is 0 Å². The number of benzene rings is 1. The van der Waals surface area contributed by atoms with Gasteiger partial charge in [0.2, 0.25) is 0 Å². The van der Waals surface area contributed by atoms with Crippen LogP contribution in [0, 0.1) is 5.82 Å². The van der Waals surface area contributed by atoms with E-state index < -0.39 is 0 Å². The third-order valence-corrected chi connectivity index (χ3v) is 3.66. The van der Waals surface area contributed by atoms with E-state index in [9.17, 15) is 4.39 Å². The summed E-state index contributed by atoms with van der Waals surface area (Å²) in [5.41, 5.74) is 1.17. The molecular weight excluding hydrogens is 215 g/mol. The van der Waals surface area contributed by atoms with Crippen LogP contribution in [0.3, 0.4) is 0 Å². The Morgan fingerprint density at radius 1 is 1.41 bits per heavy atom. The molecule has 1 aliphatic rings. The normalized spacial score (nSPS) is 22.4. The van der Waals surface area contributed by atoms with Crippen molar-refractivity contribution in [3.05, 3.63) is 35.6 Å². The van der Waals surface area contributed by atoms with Gasteiger partial charge < -0.3 is 5.32 Å². The van der Waals surface area contributed by atoms with E-state index in [1.807, 2.05) is 6.07 Å². The molecule has 17 heavy (non-hydrogen) atoms. The molecule has 1 aromatic carbocycles. The summed E-state index contributed by atoms with van der Waals surface area (Å²) in [5, 5.41) is 3.41. The van der Waals surface area contributed by atoms with Crippen molar-refractivity contribution in [2.24, 2.45) is 0 Å². The fourth-order valence-corrected chi connectivity index (χ4v) is 2.66. The van der Waals surface area contributed by atoms with Gasteiger partial charge in [-0.25, -0.2) is 4.39 Å². The molecule has 0 saturated carbocycles. The third-order valence-electron chi connectivity index (χ3n) is 3.66. The molecule has 0 spiro atoms. The molecule has 0 amide bonds. The zero-order chi connectivity index (χ0) is 12.5. The van der Waals surface area contributed by atoms with Crippen LogP contribution < -0.4 is 5.32 Å². The van der Waals surface area contributed by atoms with Crippen LogP contribution in [0.4, 0.5) is 4.39 Å². The first-order valence-electron chi connectivity index (χ1n) is 6.24. The monoisotopic (exact) mass is 236 g/mol. The number of hydrogen-bond donors (Lipinski definition) is 1. The van der Waals surface area contributed by atoms with Gasteiger partial charge in [0.25, 0.3) is 0 Å². The molecule has 2 nitrogen and oxygen atoms in total. The van der Waals surface area contributed by atoms with Gasteiger partial charge in [-0.05, 0) is 38.5 Å². The van der Waals surface area contributed by atoms with E-state index >= 15 is 0 Å². The summed E-state index contributed by atoms with van der Waals surface area (Å²) >= 11 is 0. The minimum Gasteiger partial charge on any atom is -0.314 e.